The summed E-state index contributed by atoms with van der Waals surface area (Å²) in [5.41, 5.74) is 6.63. The van der Waals surface area contributed by atoms with Crippen molar-refractivity contribution in [2.24, 2.45) is 11.7 Å². The monoisotopic (exact) mass is 407 g/mol. The molecule has 1 aliphatic rings. The molecule has 2 amide bonds. The van der Waals surface area contributed by atoms with Crippen molar-refractivity contribution in [1.82, 2.24) is 4.90 Å². The van der Waals surface area contributed by atoms with Crippen molar-refractivity contribution >= 4 is 29.9 Å². The lowest BCUT2D eigenvalue weighted by molar-refractivity contribution is -0.184. The van der Waals surface area contributed by atoms with Gasteiger partial charge in [0.2, 0.25) is 5.91 Å². The average molecular weight is 408 g/mol. The highest BCUT2D eigenvalue weighted by molar-refractivity contribution is 5.93. The van der Waals surface area contributed by atoms with Gasteiger partial charge in [-0.25, -0.2) is 0 Å². The molecule has 0 heterocycles. The van der Waals surface area contributed by atoms with Crippen molar-refractivity contribution in [1.29, 1.82) is 0 Å². The highest BCUT2D eigenvalue weighted by atomic mass is 35.5. The predicted octanol–water partition coefficient (Wildman–Crippen LogP) is 3.48. The van der Waals surface area contributed by atoms with Crippen molar-refractivity contribution in [2.75, 3.05) is 12.4 Å². The number of benzene rings is 1. The molecule has 9 heteroatoms. The highest BCUT2D eigenvalue weighted by Crippen LogP contribution is 2.32. The Bertz CT molecular complexity index is 680. The molecule has 1 aromatic rings. The summed E-state index contributed by atoms with van der Waals surface area (Å²) in [5.74, 6) is -2.41. The maximum absolute atomic E-state index is 12.6. The van der Waals surface area contributed by atoms with Crippen LogP contribution in [0.1, 0.15) is 38.2 Å². The van der Waals surface area contributed by atoms with Gasteiger partial charge in [0, 0.05) is 24.8 Å². The first-order valence-electron chi connectivity index (χ1n) is 8.51. The van der Waals surface area contributed by atoms with Gasteiger partial charge in [-0.15, -0.1) is 12.4 Å². The Labute approximate surface area is 162 Å². The zero-order valence-electron chi connectivity index (χ0n) is 15.3. The molecule has 0 aliphatic heterocycles. The minimum atomic E-state index is -4.91. The third kappa shape index (κ3) is 6.10. The maximum Gasteiger partial charge on any atom is 0.471 e. The normalized spacial score (nSPS) is 22.5. The minimum Gasteiger partial charge on any atom is -0.334 e. The van der Waals surface area contributed by atoms with E-state index in [0.717, 1.165) is 26.3 Å². The average Bonchev–Trinajstić information content (AvgIpc) is 2.52. The second-order valence-corrected chi connectivity index (χ2v) is 7.15. The lowest BCUT2D eigenvalue weighted by Crippen LogP contribution is -2.51. The highest BCUT2D eigenvalue weighted by Gasteiger charge is 2.41. The van der Waals surface area contributed by atoms with Gasteiger partial charge < -0.3 is 16.0 Å². The van der Waals surface area contributed by atoms with E-state index in [9.17, 15) is 22.8 Å². The summed E-state index contributed by atoms with van der Waals surface area (Å²) in [6.45, 7) is 1.66. The van der Waals surface area contributed by atoms with Gasteiger partial charge in [0.25, 0.3) is 0 Å². The lowest BCUT2D eigenvalue weighted by Gasteiger charge is -2.37. The van der Waals surface area contributed by atoms with E-state index in [4.69, 9.17) is 5.73 Å². The van der Waals surface area contributed by atoms with E-state index >= 15 is 0 Å². The largest absolute Gasteiger partial charge is 0.471 e. The van der Waals surface area contributed by atoms with Crippen molar-refractivity contribution in [3.63, 3.8) is 0 Å². The van der Waals surface area contributed by atoms with Crippen LogP contribution < -0.4 is 11.1 Å². The number of carbonyl (C=O) groups excluding carboxylic acids is 2. The Morgan fingerprint density at radius 1 is 1.33 bits per heavy atom. The molecule has 1 aromatic carbocycles. The maximum atomic E-state index is 12.6. The van der Waals surface area contributed by atoms with Crippen LogP contribution in [0.4, 0.5) is 18.9 Å². The Kier molecular flexibility index (Phi) is 7.68. The fourth-order valence-corrected chi connectivity index (χ4v) is 3.33. The molecule has 0 radical (unpaired) electrons. The topological polar surface area (TPSA) is 75.4 Å². The molecule has 1 saturated carbocycles. The van der Waals surface area contributed by atoms with Crippen LogP contribution in [0.2, 0.25) is 0 Å². The van der Waals surface area contributed by atoms with Crippen molar-refractivity contribution < 1.29 is 22.8 Å². The molecule has 1 fully saturated rings. The molecular formula is C18H25ClF3N3O2. The first-order chi connectivity index (χ1) is 12.0. The number of anilines is 1. The summed E-state index contributed by atoms with van der Waals surface area (Å²) >= 11 is 0. The van der Waals surface area contributed by atoms with Gasteiger partial charge in [0.15, 0.2) is 0 Å². The summed E-state index contributed by atoms with van der Waals surface area (Å²) in [5, 5.41) is 2.80. The zero-order chi connectivity index (χ0) is 19.5. The van der Waals surface area contributed by atoms with Crippen molar-refractivity contribution in [2.45, 2.75) is 50.9 Å². The SMILES string of the molecule is CN(Cc1cccc(NC(=O)C2CCCCC2(C)N)c1)C(=O)C(F)(F)F.Cl. The first-order valence-corrected chi connectivity index (χ1v) is 8.51. The molecule has 152 valence electrons. The Morgan fingerprint density at radius 3 is 2.59 bits per heavy atom. The molecule has 0 saturated heterocycles. The fourth-order valence-electron chi connectivity index (χ4n) is 3.33. The number of hydrogen-bond acceptors (Lipinski definition) is 3. The summed E-state index contributed by atoms with van der Waals surface area (Å²) in [4.78, 5) is 24.4. The van der Waals surface area contributed by atoms with E-state index < -0.39 is 17.6 Å². The Hall–Kier alpha value is -1.80. The standard InChI is InChI=1S/C18H24F3N3O2.ClH/c1-17(22)9-4-3-8-14(17)15(25)23-13-7-5-6-12(10-13)11-24(2)16(26)18(19,20)21;/h5-7,10,14H,3-4,8-9,11,22H2,1-2H3,(H,23,25);1H. The van der Waals surface area contributed by atoms with Crippen molar-refractivity contribution in [3.8, 4) is 0 Å². The summed E-state index contributed by atoms with van der Waals surface area (Å²) in [6, 6.07) is 6.45. The van der Waals surface area contributed by atoms with Crippen LogP contribution in [0.5, 0.6) is 0 Å². The molecule has 2 rings (SSSR count). The van der Waals surface area contributed by atoms with Crippen LogP contribution in [0.3, 0.4) is 0 Å². The number of halogens is 4. The Balaban J connectivity index is 0.00000364. The second-order valence-electron chi connectivity index (χ2n) is 7.15. The molecule has 2 atom stereocenters. The van der Waals surface area contributed by atoms with E-state index in [1.54, 1.807) is 24.3 Å². The van der Waals surface area contributed by atoms with E-state index in [-0.39, 0.29) is 30.8 Å². The molecule has 0 aromatic heterocycles. The van der Waals surface area contributed by atoms with Crippen LogP contribution in [0, 0.1) is 5.92 Å². The van der Waals surface area contributed by atoms with Gasteiger partial charge in [0.05, 0.1) is 5.92 Å². The van der Waals surface area contributed by atoms with E-state index in [1.807, 2.05) is 6.92 Å². The van der Waals surface area contributed by atoms with E-state index in [2.05, 4.69) is 5.32 Å². The number of alkyl halides is 3. The van der Waals surface area contributed by atoms with Gasteiger partial charge in [-0.1, -0.05) is 25.0 Å². The number of nitrogens with zero attached hydrogens (tertiary/aromatic N) is 1. The molecule has 0 spiro atoms. The third-order valence-electron chi connectivity index (χ3n) is 4.77. The van der Waals surface area contributed by atoms with Crippen LogP contribution >= 0.6 is 12.4 Å². The van der Waals surface area contributed by atoms with E-state index in [1.165, 1.54) is 0 Å². The quantitative estimate of drug-likeness (QED) is 0.802. The van der Waals surface area contributed by atoms with Gasteiger partial charge in [-0.3, -0.25) is 9.59 Å². The molecule has 0 bridgehead atoms. The van der Waals surface area contributed by atoms with Crippen LogP contribution in [-0.4, -0.2) is 35.5 Å². The molecule has 27 heavy (non-hydrogen) atoms. The summed E-state index contributed by atoms with van der Waals surface area (Å²) in [7, 11) is 1.09. The minimum absolute atomic E-state index is 0. The van der Waals surface area contributed by atoms with Crippen LogP contribution in [0.15, 0.2) is 24.3 Å². The number of hydrogen-bond donors (Lipinski definition) is 2. The predicted molar refractivity (Wildman–Crippen MR) is 99.4 cm³/mol. The van der Waals surface area contributed by atoms with E-state index in [0.29, 0.717) is 22.6 Å². The smallest absolute Gasteiger partial charge is 0.334 e. The van der Waals surface area contributed by atoms with Gasteiger partial charge in [-0.2, -0.15) is 13.2 Å². The van der Waals surface area contributed by atoms with Crippen LogP contribution in [-0.2, 0) is 16.1 Å². The van der Waals surface area contributed by atoms with Gasteiger partial charge in [0.1, 0.15) is 0 Å². The first kappa shape index (κ1) is 23.2. The molecule has 1 aliphatic carbocycles. The number of amides is 2. The third-order valence-corrected chi connectivity index (χ3v) is 4.77. The lowest BCUT2D eigenvalue weighted by atomic mass is 9.74. The molecule has 3 N–H and O–H groups in total. The molecule has 2 unspecified atom stereocenters. The van der Waals surface area contributed by atoms with Crippen LogP contribution in [0.25, 0.3) is 0 Å². The number of nitrogens with one attached hydrogen (secondary N) is 1. The summed E-state index contributed by atoms with van der Waals surface area (Å²) in [6.07, 6.45) is -1.49. The zero-order valence-corrected chi connectivity index (χ0v) is 16.1. The van der Waals surface area contributed by atoms with Gasteiger partial charge in [-0.05, 0) is 37.5 Å². The number of carbonyl (C=O) groups is 2. The van der Waals surface area contributed by atoms with Gasteiger partial charge >= 0.3 is 12.1 Å². The number of rotatable bonds is 4. The second kappa shape index (κ2) is 8.93. The molecular weight excluding hydrogens is 383 g/mol. The number of nitrogens with two attached hydrogens (primary N) is 1. The van der Waals surface area contributed by atoms with Crippen molar-refractivity contribution in [3.05, 3.63) is 29.8 Å². The summed E-state index contributed by atoms with van der Waals surface area (Å²) < 4.78 is 37.4. The fraction of sp³-hybridized carbons (Fsp3) is 0.556. The Morgan fingerprint density at radius 2 is 2.00 bits per heavy atom. The molecule has 5 nitrogen and oxygen atoms in total.